The predicted molar refractivity (Wildman–Crippen MR) is 77.0 cm³/mol. The minimum absolute atomic E-state index is 0.378. The van der Waals surface area contributed by atoms with Crippen molar-refractivity contribution in [2.75, 3.05) is 40.4 Å². The highest BCUT2D eigenvalue weighted by Crippen LogP contribution is 2.12. The van der Waals surface area contributed by atoms with Crippen LogP contribution in [0.4, 0.5) is 0 Å². The molecule has 3 nitrogen and oxygen atoms in total. The van der Waals surface area contributed by atoms with Crippen molar-refractivity contribution >= 4 is 0 Å². The van der Waals surface area contributed by atoms with Crippen LogP contribution in [0, 0.1) is 6.92 Å². The van der Waals surface area contributed by atoms with Crippen molar-refractivity contribution in [3.05, 3.63) is 35.4 Å². The summed E-state index contributed by atoms with van der Waals surface area (Å²) in [6, 6.07) is 9.05. The number of hydrogen-bond donors (Lipinski definition) is 1. The second-order valence-corrected chi connectivity index (χ2v) is 5.00. The Morgan fingerprint density at radius 2 is 1.83 bits per heavy atom. The molecule has 0 radical (unpaired) electrons. The molecule has 1 N–H and O–H groups in total. The van der Waals surface area contributed by atoms with Crippen LogP contribution >= 0.6 is 0 Å². The van der Waals surface area contributed by atoms with Crippen LogP contribution < -0.4 is 5.32 Å². The first-order valence-electron chi connectivity index (χ1n) is 6.62. The highest BCUT2D eigenvalue weighted by Gasteiger charge is 2.03. The molecule has 0 amide bonds. The highest BCUT2D eigenvalue weighted by molar-refractivity contribution is 5.23. The van der Waals surface area contributed by atoms with Crippen molar-refractivity contribution in [3.63, 3.8) is 0 Å². The van der Waals surface area contributed by atoms with Gasteiger partial charge in [0.05, 0.1) is 13.2 Å². The molecule has 1 unspecified atom stereocenters. The third-order valence-corrected chi connectivity index (χ3v) is 2.96. The Morgan fingerprint density at radius 1 is 1.17 bits per heavy atom. The van der Waals surface area contributed by atoms with Crippen molar-refractivity contribution in [1.29, 1.82) is 0 Å². The lowest BCUT2D eigenvalue weighted by atomic mass is 10.1. The summed E-state index contributed by atoms with van der Waals surface area (Å²) >= 11 is 0. The number of nitrogens with one attached hydrogen (secondary N) is 1. The van der Waals surface area contributed by atoms with E-state index in [0.717, 1.165) is 26.3 Å². The zero-order chi connectivity index (χ0) is 13.4. The third-order valence-electron chi connectivity index (χ3n) is 2.96. The van der Waals surface area contributed by atoms with Crippen molar-refractivity contribution in [2.45, 2.75) is 19.9 Å². The molecule has 1 atom stereocenters. The van der Waals surface area contributed by atoms with Crippen molar-refractivity contribution in [2.24, 2.45) is 0 Å². The minimum atomic E-state index is 0.378. The Balaban J connectivity index is 2.13. The average molecular weight is 250 g/mol. The first-order valence-corrected chi connectivity index (χ1v) is 6.62. The number of benzene rings is 1. The third kappa shape index (κ3) is 6.15. The van der Waals surface area contributed by atoms with Crippen LogP contribution in [-0.4, -0.2) is 45.3 Å². The van der Waals surface area contributed by atoms with Gasteiger partial charge in [0.1, 0.15) is 0 Å². The summed E-state index contributed by atoms with van der Waals surface area (Å²) in [5.41, 5.74) is 2.63. The van der Waals surface area contributed by atoms with E-state index in [1.54, 1.807) is 0 Å². The zero-order valence-corrected chi connectivity index (χ0v) is 12.1. The molecule has 1 aromatic rings. The Hall–Kier alpha value is -0.900. The standard InChI is InChI=1S/C15H26N2O/c1-13-5-7-15(8-6-13)14(2)16-9-11-18-12-10-17(3)4/h5-8,14,16H,9-12H2,1-4H3. The predicted octanol–water partition coefficient (Wildman–Crippen LogP) is 2.22. The molecule has 0 aliphatic carbocycles. The summed E-state index contributed by atoms with van der Waals surface area (Å²) in [4.78, 5) is 2.13. The molecule has 0 bridgehead atoms. The van der Waals surface area contributed by atoms with E-state index in [0.29, 0.717) is 6.04 Å². The Bertz CT molecular complexity index is 322. The van der Waals surface area contributed by atoms with Gasteiger partial charge in [-0.2, -0.15) is 0 Å². The number of likely N-dealkylation sites (N-methyl/N-ethyl adjacent to an activating group) is 1. The Morgan fingerprint density at radius 3 is 2.44 bits per heavy atom. The van der Waals surface area contributed by atoms with Gasteiger partial charge in [0.15, 0.2) is 0 Å². The smallest absolute Gasteiger partial charge is 0.0593 e. The van der Waals surface area contributed by atoms with Gasteiger partial charge in [-0.1, -0.05) is 29.8 Å². The van der Waals surface area contributed by atoms with Gasteiger partial charge in [-0.25, -0.2) is 0 Å². The molecule has 0 aromatic heterocycles. The molecule has 0 aliphatic heterocycles. The summed E-state index contributed by atoms with van der Waals surface area (Å²) in [7, 11) is 4.11. The molecule has 0 saturated carbocycles. The van der Waals surface area contributed by atoms with Crippen LogP contribution in [0.25, 0.3) is 0 Å². The van der Waals surface area contributed by atoms with E-state index in [2.05, 4.69) is 62.4 Å². The van der Waals surface area contributed by atoms with E-state index in [-0.39, 0.29) is 0 Å². The molecule has 1 aromatic carbocycles. The second kappa shape index (κ2) is 8.25. The molecule has 18 heavy (non-hydrogen) atoms. The number of hydrogen-bond acceptors (Lipinski definition) is 3. The van der Waals surface area contributed by atoms with Gasteiger partial charge in [-0.05, 0) is 33.5 Å². The minimum Gasteiger partial charge on any atom is -0.379 e. The maximum atomic E-state index is 5.55. The second-order valence-electron chi connectivity index (χ2n) is 5.00. The summed E-state index contributed by atoms with van der Waals surface area (Å²) in [6.07, 6.45) is 0. The van der Waals surface area contributed by atoms with E-state index in [4.69, 9.17) is 4.74 Å². The van der Waals surface area contributed by atoms with Gasteiger partial charge in [-0.3, -0.25) is 0 Å². The van der Waals surface area contributed by atoms with Crippen LogP contribution in [0.5, 0.6) is 0 Å². The first-order chi connectivity index (χ1) is 8.59. The van der Waals surface area contributed by atoms with Gasteiger partial charge >= 0.3 is 0 Å². The molecule has 102 valence electrons. The molecule has 0 heterocycles. The number of ether oxygens (including phenoxy) is 1. The zero-order valence-electron chi connectivity index (χ0n) is 12.1. The molecule has 3 heteroatoms. The lowest BCUT2D eigenvalue weighted by molar-refractivity contribution is 0.118. The topological polar surface area (TPSA) is 24.5 Å². The molecular formula is C15H26N2O. The molecule has 0 saturated heterocycles. The van der Waals surface area contributed by atoms with Gasteiger partial charge in [0, 0.05) is 19.1 Å². The van der Waals surface area contributed by atoms with E-state index in [9.17, 15) is 0 Å². The molecule has 1 rings (SSSR count). The van der Waals surface area contributed by atoms with E-state index >= 15 is 0 Å². The highest BCUT2D eigenvalue weighted by atomic mass is 16.5. The summed E-state index contributed by atoms with van der Waals surface area (Å²) < 4.78 is 5.55. The fourth-order valence-electron chi connectivity index (χ4n) is 1.67. The normalized spacial score (nSPS) is 12.9. The van der Waals surface area contributed by atoms with E-state index in [1.807, 2.05) is 0 Å². The van der Waals surface area contributed by atoms with Crippen LogP contribution in [0.3, 0.4) is 0 Å². The summed E-state index contributed by atoms with van der Waals surface area (Å²) in [6.45, 7) is 7.73. The van der Waals surface area contributed by atoms with Gasteiger partial charge in [0.25, 0.3) is 0 Å². The monoisotopic (exact) mass is 250 g/mol. The lowest BCUT2D eigenvalue weighted by Gasteiger charge is -2.15. The number of aryl methyl sites for hydroxylation is 1. The van der Waals surface area contributed by atoms with Crippen molar-refractivity contribution in [1.82, 2.24) is 10.2 Å². The van der Waals surface area contributed by atoms with Crippen LogP contribution in [0.2, 0.25) is 0 Å². The van der Waals surface area contributed by atoms with E-state index < -0.39 is 0 Å². The maximum Gasteiger partial charge on any atom is 0.0593 e. The maximum absolute atomic E-state index is 5.55. The molecule has 0 spiro atoms. The Labute approximate surface area is 111 Å². The quantitative estimate of drug-likeness (QED) is 0.716. The first kappa shape index (κ1) is 15.2. The molecular weight excluding hydrogens is 224 g/mol. The van der Waals surface area contributed by atoms with Gasteiger partial charge in [-0.15, -0.1) is 0 Å². The van der Waals surface area contributed by atoms with Crippen LogP contribution in [0.15, 0.2) is 24.3 Å². The van der Waals surface area contributed by atoms with Crippen LogP contribution in [-0.2, 0) is 4.74 Å². The van der Waals surface area contributed by atoms with Gasteiger partial charge in [0.2, 0.25) is 0 Å². The van der Waals surface area contributed by atoms with Crippen molar-refractivity contribution in [3.8, 4) is 0 Å². The largest absolute Gasteiger partial charge is 0.379 e. The molecule has 0 fully saturated rings. The fourth-order valence-corrected chi connectivity index (χ4v) is 1.67. The number of nitrogens with zero attached hydrogens (tertiary/aromatic N) is 1. The fraction of sp³-hybridized carbons (Fsp3) is 0.600. The average Bonchev–Trinajstić information content (AvgIpc) is 2.34. The number of rotatable bonds is 8. The van der Waals surface area contributed by atoms with Gasteiger partial charge < -0.3 is 15.0 Å². The summed E-state index contributed by atoms with van der Waals surface area (Å²) in [5.74, 6) is 0. The van der Waals surface area contributed by atoms with Crippen molar-refractivity contribution < 1.29 is 4.74 Å². The van der Waals surface area contributed by atoms with Crippen LogP contribution in [0.1, 0.15) is 24.1 Å². The molecule has 0 aliphatic rings. The Kier molecular flexibility index (Phi) is 6.94. The summed E-state index contributed by atoms with van der Waals surface area (Å²) in [5, 5.41) is 3.47. The SMILES string of the molecule is Cc1ccc(C(C)NCCOCCN(C)C)cc1. The lowest BCUT2D eigenvalue weighted by Crippen LogP contribution is -2.25. The van der Waals surface area contributed by atoms with E-state index in [1.165, 1.54) is 11.1 Å².